The largest absolute Gasteiger partial charge is 0.455 e. The Morgan fingerprint density at radius 3 is 1.90 bits per heavy atom. The zero-order valence-corrected chi connectivity index (χ0v) is 27.5. The van der Waals surface area contributed by atoms with E-state index in [-0.39, 0.29) is 0 Å². The van der Waals surface area contributed by atoms with Crippen molar-refractivity contribution in [1.82, 2.24) is 4.98 Å². The van der Waals surface area contributed by atoms with E-state index >= 15 is 0 Å². The van der Waals surface area contributed by atoms with Crippen LogP contribution in [0.25, 0.3) is 77.5 Å². The molecular formula is C47H30N2O2. The predicted octanol–water partition coefficient (Wildman–Crippen LogP) is 13.4. The molecule has 0 saturated carbocycles. The minimum atomic E-state index is 0.591. The smallest absolute Gasteiger partial charge is 0.227 e. The van der Waals surface area contributed by atoms with Gasteiger partial charge in [0, 0.05) is 33.6 Å². The van der Waals surface area contributed by atoms with E-state index in [1.165, 1.54) is 21.9 Å². The highest BCUT2D eigenvalue weighted by Gasteiger charge is 2.21. The summed E-state index contributed by atoms with van der Waals surface area (Å²) < 4.78 is 13.0. The SMILES string of the molecule is c1ccc(-c2cccc(N(c3ccc(-c4cc5nc(-c6ccccc6)oc5c5c4oc4ccccc45)cc3)c3ccc4ccccc4c3)c2)cc1. The van der Waals surface area contributed by atoms with Gasteiger partial charge >= 0.3 is 0 Å². The Labute approximate surface area is 294 Å². The summed E-state index contributed by atoms with van der Waals surface area (Å²) in [6, 6.07) is 63.4. The molecule has 0 amide bonds. The van der Waals surface area contributed by atoms with E-state index in [1.54, 1.807) is 0 Å². The van der Waals surface area contributed by atoms with Crippen LogP contribution in [0.15, 0.2) is 191 Å². The van der Waals surface area contributed by atoms with E-state index in [9.17, 15) is 0 Å². The number of nitrogens with zero attached hydrogens (tertiary/aromatic N) is 2. The summed E-state index contributed by atoms with van der Waals surface area (Å²) in [6.07, 6.45) is 0. The Kier molecular flexibility index (Phi) is 6.78. The first-order valence-electron chi connectivity index (χ1n) is 17.1. The molecule has 0 fully saturated rings. The lowest BCUT2D eigenvalue weighted by Crippen LogP contribution is -2.10. The average Bonchev–Trinajstić information content (AvgIpc) is 3.81. The van der Waals surface area contributed by atoms with Crippen LogP contribution in [0.1, 0.15) is 0 Å². The number of hydrogen-bond donors (Lipinski definition) is 0. The van der Waals surface area contributed by atoms with Crippen molar-refractivity contribution in [2.24, 2.45) is 0 Å². The number of furan rings is 1. The van der Waals surface area contributed by atoms with Gasteiger partial charge in [0.25, 0.3) is 0 Å². The Balaban J connectivity index is 1.13. The fraction of sp³-hybridized carbons (Fsp3) is 0. The molecule has 4 heteroatoms. The molecule has 240 valence electrons. The summed E-state index contributed by atoms with van der Waals surface area (Å²) in [5, 5.41) is 4.35. The molecule has 0 aliphatic heterocycles. The van der Waals surface area contributed by atoms with Gasteiger partial charge in [-0.05, 0) is 88.1 Å². The lowest BCUT2D eigenvalue weighted by Gasteiger charge is -2.26. The molecule has 4 nitrogen and oxygen atoms in total. The Morgan fingerprint density at radius 2 is 1.08 bits per heavy atom. The maximum Gasteiger partial charge on any atom is 0.227 e. The van der Waals surface area contributed by atoms with Crippen molar-refractivity contribution in [1.29, 1.82) is 0 Å². The number of fused-ring (bicyclic) bond motifs is 6. The molecule has 0 atom stereocenters. The number of anilines is 3. The molecule has 0 N–H and O–H groups in total. The highest BCUT2D eigenvalue weighted by molar-refractivity contribution is 6.20. The van der Waals surface area contributed by atoms with E-state index in [0.717, 1.165) is 66.8 Å². The van der Waals surface area contributed by atoms with Crippen LogP contribution in [0.2, 0.25) is 0 Å². The van der Waals surface area contributed by atoms with Gasteiger partial charge in [0.1, 0.15) is 16.7 Å². The third-order valence-electron chi connectivity index (χ3n) is 9.66. The molecule has 2 aromatic heterocycles. The first-order chi connectivity index (χ1) is 25.3. The highest BCUT2D eigenvalue weighted by Crippen LogP contribution is 2.44. The molecule has 51 heavy (non-hydrogen) atoms. The Bertz CT molecular complexity index is 2850. The number of oxazole rings is 1. The Morgan fingerprint density at radius 1 is 0.412 bits per heavy atom. The van der Waals surface area contributed by atoms with Crippen molar-refractivity contribution >= 4 is 60.9 Å². The lowest BCUT2D eigenvalue weighted by molar-refractivity contribution is 0.622. The van der Waals surface area contributed by atoms with Gasteiger partial charge < -0.3 is 13.7 Å². The number of rotatable bonds is 6. The highest BCUT2D eigenvalue weighted by atomic mass is 16.4. The first-order valence-corrected chi connectivity index (χ1v) is 17.1. The van der Waals surface area contributed by atoms with Crippen molar-refractivity contribution in [3.05, 3.63) is 182 Å². The number of aromatic nitrogens is 1. The van der Waals surface area contributed by atoms with Gasteiger partial charge in [0.2, 0.25) is 5.89 Å². The monoisotopic (exact) mass is 654 g/mol. The minimum Gasteiger partial charge on any atom is -0.455 e. The maximum absolute atomic E-state index is 6.58. The molecule has 2 heterocycles. The topological polar surface area (TPSA) is 42.4 Å². The van der Waals surface area contributed by atoms with Gasteiger partial charge in [0.15, 0.2) is 5.58 Å². The summed E-state index contributed by atoms with van der Waals surface area (Å²) in [5.41, 5.74) is 11.6. The zero-order valence-electron chi connectivity index (χ0n) is 27.5. The second kappa shape index (κ2) is 11.9. The van der Waals surface area contributed by atoms with E-state index in [1.807, 2.05) is 48.5 Å². The molecule has 0 radical (unpaired) electrons. The van der Waals surface area contributed by atoms with E-state index < -0.39 is 0 Å². The van der Waals surface area contributed by atoms with Crippen LogP contribution in [0.3, 0.4) is 0 Å². The van der Waals surface area contributed by atoms with Crippen LogP contribution in [0.5, 0.6) is 0 Å². The maximum atomic E-state index is 6.58. The van der Waals surface area contributed by atoms with E-state index in [4.69, 9.17) is 13.8 Å². The van der Waals surface area contributed by atoms with Crippen LogP contribution in [0.4, 0.5) is 17.1 Å². The third kappa shape index (κ3) is 5.04. The van der Waals surface area contributed by atoms with Crippen LogP contribution in [-0.2, 0) is 0 Å². The minimum absolute atomic E-state index is 0.591. The van der Waals surface area contributed by atoms with Crippen molar-refractivity contribution in [2.75, 3.05) is 4.90 Å². The van der Waals surface area contributed by atoms with Gasteiger partial charge in [-0.1, -0.05) is 121 Å². The van der Waals surface area contributed by atoms with Crippen LogP contribution in [-0.4, -0.2) is 4.98 Å². The fourth-order valence-corrected chi connectivity index (χ4v) is 7.20. The van der Waals surface area contributed by atoms with Crippen LogP contribution >= 0.6 is 0 Å². The first kappa shape index (κ1) is 29.0. The van der Waals surface area contributed by atoms with Crippen LogP contribution < -0.4 is 4.90 Å². The molecule has 0 unspecified atom stereocenters. The molecule has 0 bridgehead atoms. The summed E-state index contributed by atoms with van der Waals surface area (Å²) in [5.74, 6) is 0.591. The van der Waals surface area contributed by atoms with E-state index in [2.05, 4.69) is 138 Å². The Hall–Kier alpha value is -6.91. The molecule has 8 aromatic carbocycles. The molecule has 10 aromatic rings. The van der Waals surface area contributed by atoms with Gasteiger partial charge in [-0.25, -0.2) is 4.98 Å². The predicted molar refractivity (Wildman–Crippen MR) is 210 cm³/mol. The molecule has 0 saturated heterocycles. The summed E-state index contributed by atoms with van der Waals surface area (Å²) >= 11 is 0. The average molecular weight is 655 g/mol. The standard InChI is InChI=1S/C47H30N2O2/c1-3-12-31(13-4-1)36-18-11-19-38(28-36)49(39-27-22-32-14-7-8-17-35(32)29-39)37-25-23-33(24-26-37)41-30-42-46(51-47(48-42)34-15-5-2-6-16-34)44-40-20-9-10-21-43(40)50-45(41)44/h1-30H. The van der Waals surface area contributed by atoms with Crippen molar-refractivity contribution in [3.8, 4) is 33.7 Å². The summed E-state index contributed by atoms with van der Waals surface area (Å²) in [6.45, 7) is 0. The normalized spacial score (nSPS) is 11.5. The zero-order chi connectivity index (χ0) is 33.7. The van der Waals surface area contributed by atoms with Gasteiger partial charge in [-0.2, -0.15) is 0 Å². The molecule has 10 rings (SSSR count). The number of hydrogen-bond acceptors (Lipinski definition) is 4. The van der Waals surface area contributed by atoms with Gasteiger partial charge in [0.05, 0.1) is 5.39 Å². The van der Waals surface area contributed by atoms with Gasteiger partial charge in [-0.3, -0.25) is 0 Å². The van der Waals surface area contributed by atoms with Crippen molar-refractivity contribution in [2.45, 2.75) is 0 Å². The number of para-hydroxylation sites is 1. The summed E-state index contributed by atoms with van der Waals surface area (Å²) in [7, 11) is 0. The second-order valence-electron chi connectivity index (χ2n) is 12.8. The molecule has 0 aliphatic rings. The lowest BCUT2D eigenvalue weighted by atomic mass is 10.00. The van der Waals surface area contributed by atoms with Crippen molar-refractivity contribution in [3.63, 3.8) is 0 Å². The molecule has 0 spiro atoms. The molecule has 0 aliphatic carbocycles. The fourth-order valence-electron chi connectivity index (χ4n) is 7.20. The summed E-state index contributed by atoms with van der Waals surface area (Å²) in [4.78, 5) is 7.30. The van der Waals surface area contributed by atoms with Crippen molar-refractivity contribution < 1.29 is 8.83 Å². The quantitative estimate of drug-likeness (QED) is 0.179. The molecular weight excluding hydrogens is 625 g/mol. The second-order valence-corrected chi connectivity index (χ2v) is 12.8. The van der Waals surface area contributed by atoms with E-state index in [0.29, 0.717) is 5.89 Å². The van der Waals surface area contributed by atoms with Crippen LogP contribution in [0, 0.1) is 0 Å². The number of benzene rings is 8. The third-order valence-corrected chi connectivity index (χ3v) is 9.66. The van der Waals surface area contributed by atoms with Gasteiger partial charge in [-0.15, -0.1) is 0 Å².